The van der Waals surface area contributed by atoms with E-state index in [9.17, 15) is 0 Å². The van der Waals surface area contributed by atoms with E-state index in [4.69, 9.17) is 0 Å². The second-order valence-electron chi connectivity index (χ2n) is 4.93. The van der Waals surface area contributed by atoms with Crippen molar-refractivity contribution in [3.8, 4) is 0 Å². The van der Waals surface area contributed by atoms with Crippen molar-refractivity contribution in [1.29, 1.82) is 0 Å². The van der Waals surface area contributed by atoms with E-state index in [1.165, 1.54) is 20.9 Å². The Morgan fingerprint density at radius 1 is 1.28 bits per heavy atom. The average molecular weight is 308 g/mol. The first-order valence-electron chi connectivity index (χ1n) is 6.41. The van der Waals surface area contributed by atoms with Crippen LogP contribution < -0.4 is 5.32 Å². The van der Waals surface area contributed by atoms with E-state index in [0.29, 0.717) is 0 Å². The zero-order chi connectivity index (χ0) is 12.5. The molecule has 4 heteroatoms. The fourth-order valence-corrected chi connectivity index (χ4v) is 3.37. The van der Waals surface area contributed by atoms with Crippen molar-refractivity contribution in [2.24, 2.45) is 7.05 Å². The van der Waals surface area contributed by atoms with Crippen LogP contribution in [-0.4, -0.2) is 35.6 Å². The highest BCUT2D eigenvalue weighted by Gasteiger charge is 2.13. The first kappa shape index (κ1) is 12.2. The van der Waals surface area contributed by atoms with Gasteiger partial charge in [-0.3, -0.25) is 4.90 Å². The summed E-state index contributed by atoms with van der Waals surface area (Å²) in [5, 5.41) is 4.71. The minimum Gasteiger partial charge on any atom is -0.349 e. The SMILES string of the molecule is Cn1cc(Br)c2cccc(CN3CCNCC3)c21. The Kier molecular flexibility index (Phi) is 3.41. The van der Waals surface area contributed by atoms with Crippen LogP contribution in [0.3, 0.4) is 0 Å². The van der Waals surface area contributed by atoms with Crippen LogP contribution in [0.1, 0.15) is 5.56 Å². The number of nitrogens with zero attached hydrogens (tertiary/aromatic N) is 2. The Morgan fingerprint density at radius 3 is 2.83 bits per heavy atom. The molecule has 0 unspecified atom stereocenters. The molecule has 0 amide bonds. The summed E-state index contributed by atoms with van der Waals surface area (Å²) in [6.07, 6.45) is 2.14. The van der Waals surface area contributed by atoms with Crippen molar-refractivity contribution in [3.63, 3.8) is 0 Å². The molecule has 1 aromatic carbocycles. The summed E-state index contributed by atoms with van der Waals surface area (Å²) >= 11 is 3.63. The van der Waals surface area contributed by atoms with E-state index in [1.54, 1.807) is 0 Å². The fourth-order valence-electron chi connectivity index (χ4n) is 2.74. The number of rotatable bonds is 2. The van der Waals surface area contributed by atoms with Crippen molar-refractivity contribution >= 4 is 26.8 Å². The molecule has 0 atom stereocenters. The first-order valence-corrected chi connectivity index (χ1v) is 7.20. The molecule has 2 heterocycles. The van der Waals surface area contributed by atoms with E-state index in [-0.39, 0.29) is 0 Å². The monoisotopic (exact) mass is 307 g/mol. The summed E-state index contributed by atoms with van der Waals surface area (Å²) in [7, 11) is 2.12. The minimum atomic E-state index is 1.04. The summed E-state index contributed by atoms with van der Waals surface area (Å²) < 4.78 is 3.40. The predicted octanol–water partition coefficient (Wildman–Crippen LogP) is 2.35. The van der Waals surface area contributed by atoms with E-state index in [2.05, 4.69) is 62.2 Å². The molecule has 1 saturated heterocycles. The van der Waals surface area contributed by atoms with Gasteiger partial charge in [-0.1, -0.05) is 18.2 Å². The van der Waals surface area contributed by atoms with Crippen LogP contribution in [0.5, 0.6) is 0 Å². The molecule has 0 spiro atoms. The van der Waals surface area contributed by atoms with Crippen LogP contribution in [0.4, 0.5) is 0 Å². The highest BCUT2D eigenvalue weighted by molar-refractivity contribution is 9.10. The molecule has 0 saturated carbocycles. The third kappa shape index (κ3) is 2.20. The quantitative estimate of drug-likeness (QED) is 0.919. The van der Waals surface area contributed by atoms with Gasteiger partial charge in [-0.05, 0) is 21.5 Å². The highest BCUT2D eigenvalue weighted by Crippen LogP contribution is 2.28. The van der Waals surface area contributed by atoms with E-state index in [1.807, 2.05) is 0 Å². The van der Waals surface area contributed by atoms with Gasteiger partial charge in [-0.25, -0.2) is 0 Å². The van der Waals surface area contributed by atoms with Crippen LogP contribution in [0.25, 0.3) is 10.9 Å². The second kappa shape index (κ2) is 5.03. The molecule has 18 heavy (non-hydrogen) atoms. The fraction of sp³-hybridized carbons (Fsp3) is 0.429. The van der Waals surface area contributed by atoms with Gasteiger partial charge < -0.3 is 9.88 Å². The molecule has 1 aliphatic heterocycles. The molecule has 1 N–H and O–H groups in total. The van der Waals surface area contributed by atoms with Gasteiger partial charge in [0.2, 0.25) is 0 Å². The van der Waals surface area contributed by atoms with Gasteiger partial charge in [-0.15, -0.1) is 0 Å². The van der Waals surface area contributed by atoms with Crippen molar-refractivity contribution in [3.05, 3.63) is 34.4 Å². The number of benzene rings is 1. The summed E-state index contributed by atoms with van der Waals surface area (Å²) in [6.45, 7) is 5.53. The molecule has 2 aromatic rings. The van der Waals surface area contributed by atoms with Gasteiger partial charge in [-0.2, -0.15) is 0 Å². The Balaban J connectivity index is 1.95. The second-order valence-corrected chi connectivity index (χ2v) is 5.78. The Labute approximate surface area is 116 Å². The van der Waals surface area contributed by atoms with Gasteiger partial charge in [0.25, 0.3) is 0 Å². The molecule has 96 valence electrons. The van der Waals surface area contributed by atoms with Crippen molar-refractivity contribution < 1.29 is 0 Å². The Bertz CT molecular complexity index is 555. The average Bonchev–Trinajstić information content (AvgIpc) is 2.67. The number of fused-ring (bicyclic) bond motifs is 1. The predicted molar refractivity (Wildman–Crippen MR) is 78.8 cm³/mol. The van der Waals surface area contributed by atoms with Crippen LogP contribution in [-0.2, 0) is 13.6 Å². The van der Waals surface area contributed by atoms with Gasteiger partial charge >= 0.3 is 0 Å². The maximum Gasteiger partial charge on any atom is 0.0535 e. The normalized spacial score (nSPS) is 17.4. The third-order valence-electron chi connectivity index (χ3n) is 3.64. The maximum absolute atomic E-state index is 3.63. The molecular weight excluding hydrogens is 290 g/mol. The summed E-state index contributed by atoms with van der Waals surface area (Å²) in [4.78, 5) is 2.52. The zero-order valence-electron chi connectivity index (χ0n) is 10.6. The summed E-state index contributed by atoms with van der Waals surface area (Å²) in [6, 6.07) is 6.59. The lowest BCUT2D eigenvalue weighted by atomic mass is 10.1. The molecule has 3 rings (SSSR count). The molecule has 3 nitrogen and oxygen atoms in total. The van der Waals surface area contributed by atoms with Gasteiger partial charge in [0, 0.05) is 55.8 Å². The first-order chi connectivity index (χ1) is 8.75. The number of para-hydroxylation sites is 1. The third-order valence-corrected chi connectivity index (χ3v) is 4.27. The number of hydrogen-bond donors (Lipinski definition) is 1. The van der Waals surface area contributed by atoms with Crippen molar-refractivity contribution in [2.75, 3.05) is 26.2 Å². The lowest BCUT2D eigenvalue weighted by Crippen LogP contribution is -2.42. The van der Waals surface area contributed by atoms with Crippen LogP contribution in [0, 0.1) is 0 Å². The molecule has 1 fully saturated rings. The van der Waals surface area contributed by atoms with Crippen LogP contribution in [0.15, 0.2) is 28.9 Å². The summed E-state index contributed by atoms with van der Waals surface area (Å²) in [5.41, 5.74) is 2.77. The van der Waals surface area contributed by atoms with Crippen molar-refractivity contribution in [1.82, 2.24) is 14.8 Å². The molecule has 0 aliphatic carbocycles. The van der Waals surface area contributed by atoms with Gasteiger partial charge in [0.1, 0.15) is 0 Å². The molecule has 1 aromatic heterocycles. The summed E-state index contributed by atoms with van der Waals surface area (Å²) in [5.74, 6) is 0. The molecule has 0 radical (unpaired) electrons. The van der Waals surface area contributed by atoms with E-state index in [0.717, 1.165) is 32.7 Å². The van der Waals surface area contributed by atoms with Crippen molar-refractivity contribution in [2.45, 2.75) is 6.54 Å². The Hall–Kier alpha value is -0.840. The number of nitrogens with one attached hydrogen (secondary N) is 1. The van der Waals surface area contributed by atoms with Crippen LogP contribution in [0.2, 0.25) is 0 Å². The van der Waals surface area contributed by atoms with Crippen LogP contribution >= 0.6 is 15.9 Å². The number of halogens is 1. The van der Waals surface area contributed by atoms with E-state index >= 15 is 0 Å². The molecular formula is C14H18BrN3. The number of piperazine rings is 1. The smallest absolute Gasteiger partial charge is 0.0535 e. The maximum atomic E-state index is 3.63. The van der Waals surface area contributed by atoms with Gasteiger partial charge in [0.05, 0.1) is 5.52 Å². The number of hydrogen-bond acceptors (Lipinski definition) is 2. The standard InChI is InChI=1S/C14H18BrN3/c1-17-10-13(15)12-4-2-3-11(14(12)17)9-18-7-5-16-6-8-18/h2-4,10,16H,5-9H2,1H3. The topological polar surface area (TPSA) is 20.2 Å². The molecule has 0 bridgehead atoms. The minimum absolute atomic E-state index is 1.04. The largest absolute Gasteiger partial charge is 0.349 e. The van der Waals surface area contributed by atoms with E-state index < -0.39 is 0 Å². The lowest BCUT2D eigenvalue weighted by molar-refractivity contribution is 0.234. The Morgan fingerprint density at radius 2 is 2.06 bits per heavy atom. The molecule has 1 aliphatic rings. The lowest BCUT2D eigenvalue weighted by Gasteiger charge is -2.27. The zero-order valence-corrected chi connectivity index (χ0v) is 12.2. The number of aromatic nitrogens is 1. The highest BCUT2D eigenvalue weighted by atomic mass is 79.9. The number of aryl methyl sites for hydroxylation is 1. The van der Waals surface area contributed by atoms with Gasteiger partial charge in [0.15, 0.2) is 0 Å².